The van der Waals surface area contributed by atoms with Crippen LogP contribution >= 0.6 is 0 Å². The van der Waals surface area contributed by atoms with Crippen LogP contribution in [0.2, 0.25) is 0 Å². The zero-order valence-corrected chi connectivity index (χ0v) is 18.2. The molecule has 0 saturated carbocycles. The Bertz CT molecular complexity index is 843. The zero-order valence-electron chi connectivity index (χ0n) is 18.2. The fraction of sp³-hybridized carbons (Fsp3) is 0.565. The summed E-state index contributed by atoms with van der Waals surface area (Å²) in [4.78, 5) is 15.5. The average molecular weight is 429 g/mol. The monoisotopic (exact) mass is 428 g/mol. The van der Waals surface area contributed by atoms with Crippen LogP contribution < -0.4 is 10.1 Å². The lowest BCUT2D eigenvalue weighted by molar-refractivity contribution is -0.0283. The molecule has 0 bridgehead atoms. The summed E-state index contributed by atoms with van der Waals surface area (Å²) in [7, 11) is 0. The summed E-state index contributed by atoms with van der Waals surface area (Å²) in [5.41, 5.74) is 1.23. The van der Waals surface area contributed by atoms with E-state index in [9.17, 15) is 4.79 Å². The van der Waals surface area contributed by atoms with Crippen molar-refractivity contribution < 1.29 is 19.0 Å². The smallest absolute Gasteiger partial charge is 0.271 e. The maximum absolute atomic E-state index is 13.0. The molecule has 2 aliphatic rings. The van der Waals surface area contributed by atoms with E-state index < -0.39 is 0 Å². The number of rotatable bonds is 8. The van der Waals surface area contributed by atoms with Crippen LogP contribution in [0.1, 0.15) is 30.3 Å². The topological polar surface area (TPSA) is 77.8 Å². The number of amides is 1. The lowest BCUT2D eigenvalue weighted by atomic mass is 9.79. The van der Waals surface area contributed by atoms with Gasteiger partial charge in [0.1, 0.15) is 0 Å². The highest BCUT2D eigenvalue weighted by atomic mass is 16.5. The van der Waals surface area contributed by atoms with E-state index in [2.05, 4.69) is 15.3 Å². The maximum atomic E-state index is 13.0. The van der Waals surface area contributed by atoms with Crippen LogP contribution in [-0.4, -0.2) is 79.8 Å². The Kier molecular flexibility index (Phi) is 7.21. The van der Waals surface area contributed by atoms with Crippen LogP contribution in [0.15, 0.2) is 36.4 Å². The van der Waals surface area contributed by atoms with Gasteiger partial charge in [-0.15, -0.1) is 0 Å². The van der Waals surface area contributed by atoms with Gasteiger partial charge in [0.15, 0.2) is 5.69 Å². The van der Waals surface area contributed by atoms with Crippen molar-refractivity contribution in [2.75, 3.05) is 59.2 Å². The van der Waals surface area contributed by atoms with Crippen molar-refractivity contribution in [1.82, 2.24) is 20.0 Å². The van der Waals surface area contributed by atoms with Crippen LogP contribution in [0.25, 0.3) is 5.69 Å². The normalized spacial score (nSPS) is 19.1. The number of nitrogens with one attached hydrogen (secondary N) is 1. The van der Waals surface area contributed by atoms with Gasteiger partial charge in [-0.1, -0.05) is 18.2 Å². The van der Waals surface area contributed by atoms with Crippen LogP contribution in [0.4, 0.5) is 0 Å². The van der Waals surface area contributed by atoms with E-state index in [0.29, 0.717) is 24.7 Å². The standard InChI is InChI=1S/C23H32N4O4/c1-2-31-21-16-20(25-27(21)19-6-4-3-5-7-19)22(28)24-17-23(8-12-29-13-9-23)18-26-10-14-30-15-11-26/h3-7,16H,2,8-15,17-18H2,1H3,(H,24,28). The van der Waals surface area contributed by atoms with E-state index in [-0.39, 0.29) is 11.3 Å². The fourth-order valence-corrected chi connectivity index (χ4v) is 4.27. The second kappa shape index (κ2) is 10.3. The average Bonchev–Trinajstić information content (AvgIpc) is 3.24. The molecular formula is C23H32N4O4. The Labute approximate surface area is 183 Å². The van der Waals surface area contributed by atoms with Crippen LogP contribution in [0.5, 0.6) is 5.88 Å². The third-order valence-electron chi connectivity index (χ3n) is 6.04. The number of aromatic nitrogens is 2. The molecule has 31 heavy (non-hydrogen) atoms. The van der Waals surface area contributed by atoms with Gasteiger partial charge < -0.3 is 19.5 Å². The van der Waals surface area contributed by atoms with E-state index in [1.807, 2.05) is 37.3 Å². The van der Waals surface area contributed by atoms with Crippen LogP contribution in [0.3, 0.4) is 0 Å². The van der Waals surface area contributed by atoms with Gasteiger partial charge in [0.25, 0.3) is 5.91 Å². The van der Waals surface area contributed by atoms with Gasteiger partial charge >= 0.3 is 0 Å². The summed E-state index contributed by atoms with van der Waals surface area (Å²) in [6.45, 7) is 8.87. The van der Waals surface area contributed by atoms with Crippen molar-refractivity contribution >= 4 is 5.91 Å². The molecule has 2 fully saturated rings. The minimum absolute atomic E-state index is 0.00991. The van der Waals surface area contributed by atoms with Gasteiger partial charge in [-0.3, -0.25) is 9.69 Å². The summed E-state index contributed by atoms with van der Waals surface area (Å²) >= 11 is 0. The van der Waals surface area contributed by atoms with E-state index in [1.165, 1.54) is 0 Å². The Morgan fingerprint density at radius 1 is 1.13 bits per heavy atom. The molecule has 8 heteroatoms. The minimum atomic E-state index is -0.177. The predicted molar refractivity (Wildman–Crippen MR) is 117 cm³/mol. The highest BCUT2D eigenvalue weighted by molar-refractivity contribution is 5.92. The van der Waals surface area contributed by atoms with Crippen molar-refractivity contribution in [3.05, 3.63) is 42.1 Å². The number of hydrogen-bond donors (Lipinski definition) is 1. The molecule has 1 aromatic heterocycles. The zero-order chi connectivity index (χ0) is 21.5. The molecule has 8 nitrogen and oxygen atoms in total. The number of carbonyl (C=O) groups excluding carboxylic acids is 1. The number of ether oxygens (including phenoxy) is 3. The molecule has 1 aromatic carbocycles. The second-order valence-corrected chi connectivity index (χ2v) is 8.23. The Hall–Kier alpha value is -2.42. The van der Waals surface area contributed by atoms with Crippen molar-refractivity contribution in [2.45, 2.75) is 19.8 Å². The number of benzene rings is 1. The lowest BCUT2D eigenvalue weighted by Crippen LogP contribution is -2.50. The molecule has 2 aliphatic heterocycles. The molecular weight excluding hydrogens is 396 g/mol. The van der Waals surface area contributed by atoms with E-state index >= 15 is 0 Å². The highest BCUT2D eigenvalue weighted by Gasteiger charge is 2.35. The molecule has 4 rings (SSSR count). The molecule has 0 radical (unpaired) electrons. The number of carbonyl (C=O) groups is 1. The van der Waals surface area contributed by atoms with Gasteiger partial charge in [-0.05, 0) is 31.9 Å². The molecule has 0 spiro atoms. The third kappa shape index (κ3) is 5.44. The SMILES string of the molecule is CCOc1cc(C(=O)NCC2(CN3CCOCC3)CCOCC2)nn1-c1ccccc1. The van der Waals surface area contributed by atoms with Gasteiger partial charge in [0, 0.05) is 50.9 Å². The maximum Gasteiger partial charge on any atom is 0.271 e. The van der Waals surface area contributed by atoms with Crippen molar-refractivity contribution in [3.8, 4) is 11.6 Å². The summed E-state index contributed by atoms with van der Waals surface area (Å²) in [6.07, 6.45) is 1.88. The number of morpholine rings is 1. The molecule has 0 atom stereocenters. The largest absolute Gasteiger partial charge is 0.478 e. The summed E-state index contributed by atoms with van der Waals surface area (Å²) in [6, 6.07) is 11.4. The number of nitrogens with zero attached hydrogens (tertiary/aromatic N) is 3. The highest BCUT2D eigenvalue weighted by Crippen LogP contribution is 2.31. The molecule has 168 valence electrons. The Balaban J connectivity index is 1.46. The van der Waals surface area contributed by atoms with Crippen molar-refractivity contribution in [3.63, 3.8) is 0 Å². The molecule has 3 heterocycles. The van der Waals surface area contributed by atoms with Gasteiger partial charge in [0.2, 0.25) is 5.88 Å². The first kappa shape index (κ1) is 21.8. The van der Waals surface area contributed by atoms with E-state index in [0.717, 1.165) is 64.6 Å². The van der Waals surface area contributed by atoms with E-state index in [4.69, 9.17) is 14.2 Å². The molecule has 1 amide bonds. The second-order valence-electron chi connectivity index (χ2n) is 8.23. The Morgan fingerprint density at radius 3 is 2.55 bits per heavy atom. The molecule has 1 N–H and O–H groups in total. The van der Waals surface area contributed by atoms with Crippen LogP contribution in [-0.2, 0) is 9.47 Å². The van der Waals surface area contributed by atoms with Crippen molar-refractivity contribution in [1.29, 1.82) is 0 Å². The number of para-hydroxylation sites is 1. The first-order chi connectivity index (χ1) is 15.2. The fourth-order valence-electron chi connectivity index (χ4n) is 4.27. The Morgan fingerprint density at radius 2 is 1.84 bits per heavy atom. The first-order valence-electron chi connectivity index (χ1n) is 11.1. The van der Waals surface area contributed by atoms with Crippen LogP contribution in [0, 0.1) is 5.41 Å². The van der Waals surface area contributed by atoms with Crippen molar-refractivity contribution in [2.24, 2.45) is 5.41 Å². The molecule has 0 aliphatic carbocycles. The minimum Gasteiger partial charge on any atom is -0.478 e. The lowest BCUT2D eigenvalue weighted by Gasteiger charge is -2.42. The van der Waals surface area contributed by atoms with Gasteiger partial charge in [-0.2, -0.15) is 5.10 Å². The van der Waals surface area contributed by atoms with Gasteiger partial charge in [-0.25, -0.2) is 4.68 Å². The molecule has 0 unspecified atom stereocenters. The quantitative estimate of drug-likeness (QED) is 0.694. The summed E-state index contributed by atoms with van der Waals surface area (Å²) in [5.74, 6) is 0.386. The predicted octanol–water partition coefficient (Wildman–Crippen LogP) is 2.13. The number of hydrogen-bond acceptors (Lipinski definition) is 6. The molecule has 2 aromatic rings. The van der Waals surface area contributed by atoms with E-state index in [1.54, 1.807) is 10.7 Å². The summed E-state index contributed by atoms with van der Waals surface area (Å²) < 4.78 is 18.5. The third-order valence-corrected chi connectivity index (χ3v) is 6.04. The molecule has 2 saturated heterocycles. The summed E-state index contributed by atoms with van der Waals surface area (Å²) in [5, 5.41) is 7.68. The first-order valence-corrected chi connectivity index (χ1v) is 11.1. The van der Waals surface area contributed by atoms with Gasteiger partial charge in [0.05, 0.1) is 25.5 Å².